The van der Waals surface area contributed by atoms with Gasteiger partial charge in [-0.05, 0) is 102 Å². The van der Waals surface area contributed by atoms with Crippen molar-refractivity contribution in [3.63, 3.8) is 0 Å². The minimum absolute atomic E-state index is 0. The van der Waals surface area contributed by atoms with Crippen LogP contribution in [0.15, 0.2) is 158 Å². The molecule has 7 aromatic carbocycles. The number of rotatable bonds is 8. The topological polar surface area (TPSA) is 50.9 Å². The first kappa shape index (κ1) is 27.1. The van der Waals surface area contributed by atoms with Gasteiger partial charge in [-0.2, -0.15) is 0 Å². The maximum absolute atomic E-state index is 13.2. The van der Waals surface area contributed by atoms with Gasteiger partial charge in [0.2, 0.25) is 0 Å². The summed E-state index contributed by atoms with van der Waals surface area (Å²) >= 11 is 0. The Morgan fingerprint density at radius 2 is 1.24 bits per heavy atom. The average molecular weight is 1160 g/mol. The number of phenols is 1. The van der Waals surface area contributed by atoms with Gasteiger partial charge in [0.1, 0.15) is 11.6 Å². The molecule has 2 aromatic heterocycles. The molecule has 0 aliphatic rings. The maximum Gasteiger partial charge on any atom is 0.148 e. The van der Waals surface area contributed by atoms with Crippen molar-refractivity contribution in [1.29, 1.82) is 0 Å². The van der Waals surface area contributed by atoms with Gasteiger partial charge < -0.3 is 5.11 Å². The Morgan fingerprint density at radius 3 is 1.93 bits per heavy atom. The molecule has 0 atom stereocenters. The van der Waals surface area contributed by atoms with Crippen LogP contribution < -0.4 is 0 Å². The molecule has 0 radical (unpaired) electrons. The molecule has 2 heterocycles. The van der Waals surface area contributed by atoms with Gasteiger partial charge in [-0.1, -0.05) is 217 Å². The molecule has 0 unspecified atom stereocenters. The Balaban J connectivity index is 0.0000127. The first-order valence-corrected chi connectivity index (χ1v) is 22.9. The van der Waals surface area contributed by atoms with Crippen molar-refractivity contribution in [2.45, 2.75) is 124 Å². The second-order valence-corrected chi connectivity index (χ2v) is 19.8. The third kappa shape index (κ3) is 10.3. The number of aromatic hydroxyl groups is 1. The normalized spacial score (nSPS) is 19.6. The van der Waals surface area contributed by atoms with E-state index < -0.39 is 117 Å². The molecule has 0 spiro atoms. The summed E-state index contributed by atoms with van der Waals surface area (Å²) in [7, 11) is 0. The van der Waals surface area contributed by atoms with Gasteiger partial charge in [-0.15, -0.1) is 29.3 Å². The summed E-state index contributed by atoms with van der Waals surface area (Å²) < 4.78 is 248. The van der Waals surface area contributed by atoms with Crippen LogP contribution in [0.3, 0.4) is 0 Å². The second-order valence-electron chi connectivity index (χ2n) is 19.8. The van der Waals surface area contributed by atoms with E-state index in [2.05, 4.69) is 11.1 Å². The van der Waals surface area contributed by atoms with Crippen LogP contribution in [0.5, 0.6) is 5.75 Å². The summed E-state index contributed by atoms with van der Waals surface area (Å²) in [6, 6.07) is 35.7. The number of hydrogen-bond donors (Lipinski definition) is 1. The average Bonchev–Trinajstić information content (AvgIpc) is 0.966. The molecule has 1 N–H and O–H groups in total. The van der Waals surface area contributed by atoms with Crippen molar-refractivity contribution in [2.24, 2.45) is 0 Å². The van der Waals surface area contributed by atoms with Crippen molar-refractivity contribution in [3.05, 3.63) is 192 Å². The maximum atomic E-state index is 13.2. The zero-order valence-corrected chi connectivity index (χ0v) is 42.7. The van der Waals surface area contributed by atoms with E-state index in [1.165, 1.54) is 35.0 Å². The number of benzene rings is 7. The molecular weight excluding hydrogens is 1060 g/mol. The molecule has 0 bridgehead atoms. The van der Waals surface area contributed by atoms with Crippen LogP contribution in [-0.2, 0) is 42.7 Å². The molecule has 0 aliphatic heterocycles. The Hall–Kier alpha value is -6.35. The summed E-state index contributed by atoms with van der Waals surface area (Å²) in [6.45, 7) is -20.7. The van der Waals surface area contributed by atoms with Crippen LogP contribution in [0.4, 0.5) is 0 Å². The number of pyridine rings is 1. The zero-order chi connectivity index (χ0) is 74.3. The summed E-state index contributed by atoms with van der Waals surface area (Å²) in [6.07, 6.45) is 1.22. The quantitative estimate of drug-likeness (QED) is 0.154. The molecule has 5 heteroatoms. The number of para-hydroxylation sites is 1. The largest absolute Gasteiger partial charge is 0.507 e. The predicted molar refractivity (Wildman–Crippen MR) is 301 cm³/mol. The summed E-state index contributed by atoms with van der Waals surface area (Å²) in [5, 5.41) is 13.2. The Kier molecular flexibility index (Phi) is 7.37. The molecule has 9 aromatic rings. The number of phenolic OH excluding ortho intramolecular Hbond substituents is 1. The smallest absolute Gasteiger partial charge is 0.148 e. The Morgan fingerprint density at radius 1 is 0.583 bits per heavy atom. The van der Waals surface area contributed by atoms with Gasteiger partial charge in [-0.25, -0.2) is 4.98 Å². The molecule has 9 rings (SSSR count). The van der Waals surface area contributed by atoms with E-state index >= 15 is 0 Å². The number of fused-ring (bicyclic) bond motifs is 1. The molecule has 0 aliphatic carbocycles. The molecule has 0 saturated heterocycles. The van der Waals surface area contributed by atoms with Crippen LogP contribution >= 0.6 is 0 Å². The molecule has 0 fully saturated rings. The van der Waals surface area contributed by atoms with E-state index in [1.807, 2.05) is 47.6 Å². The van der Waals surface area contributed by atoms with Crippen LogP contribution in [-0.4, -0.2) is 19.6 Å². The number of nitrogens with zero attached hydrogens (tertiary/aromatic N) is 3. The van der Waals surface area contributed by atoms with Gasteiger partial charge in [0.25, 0.3) is 0 Å². The monoisotopic (exact) mass is 1160 g/mol. The number of hydrogen-bond acceptors (Lipinski definition) is 3. The summed E-state index contributed by atoms with van der Waals surface area (Å²) in [5.74, 6) is -5.35. The molecule has 0 saturated carbocycles. The fourth-order valence-corrected chi connectivity index (χ4v) is 8.69. The van der Waals surface area contributed by atoms with E-state index in [1.54, 1.807) is 97.1 Å². The Labute approximate surface area is 483 Å². The van der Waals surface area contributed by atoms with Crippen LogP contribution in [0.25, 0.3) is 83.9 Å². The van der Waals surface area contributed by atoms with Gasteiger partial charge in [0.05, 0.1) is 26.4 Å². The first-order valence-electron chi connectivity index (χ1n) is 36.9. The van der Waals surface area contributed by atoms with E-state index in [0.717, 1.165) is 5.56 Å². The Bertz CT molecular complexity index is 4420. The summed E-state index contributed by atoms with van der Waals surface area (Å²) in [4.78, 5) is 9.71. The van der Waals surface area contributed by atoms with Crippen LogP contribution in [0, 0.1) is 6.07 Å². The molecule has 72 heavy (non-hydrogen) atoms. The van der Waals surface area contributed by atoms with E-state index in [4.69, 9.17) is 40.6 Å². The minimum atomic E-state index is -4.32. The van der Waals surface area contributed by atoms with Crippen LogP contribution in [0.2, 0.25) is 0 Å². The molecule has 0 amide bonds. The van der Waals surface area contributed by atoms with Crippen molar-refractivity contribution >= 4 is 11.0 Å². The fraction of sp³-hybridized carbons (Fsp3) is 0.284. The molecule has 4 nitrogen and oxygen atoms in total. The van der Waals surface area contributed by atoms with Crippen molar-refractivity contribution in [2.75, 3.05) is 0 Å². The SMILES string of the molecule is [2H]c1cnc(-c2[c-]c(-c3cccc4c3nc(-c3c([2H])c(C(C([2H])([2H])[2H])(C([2H])([2H])[2H])C([2H])([2H])[2H])cc(C(C([2H])([2H])[2H])(C([2H])([2H])[2H])C([2H])([2H])[2H])c3O)n4-c3ccc(C(C)(C)C)cc3-c3ccccc3)cc(C(C)(C)C)c2)c([2H])c1-c1ccc(-c2ccccc2C([2H])(C([2H])([2H])[2H])C([2H])([2H])[2H])cc1.[Pt]. The van der Waals surface area contributed by atoms with Crippen LogP contribution in [0.1, 0.15) is 168 Å². The molecular formula is C67H70N3OPt-. The second kappa shape index (κ2) is 19.6. The first-order chi connectivity index (χ1) is 45.0. The standard InChI is InChI=1S/C67H70N3O.Pt/c1-42(2)52-23-18-19-24-53(52)45-29-27-43(28-30-45)46-33-34-68-58(38-46)48-35-47(36-50(37-48)65(6,7)8)54-25-20-26-60-61(54)69-63(56-40-51(66(9,10)11)41-57(62(56)71)67(12,13)14)70(60)59-32-31-49(64(3,4)5)39-55(59)44-21-16-15-17-22-44;/h15-34,36-42,71H,1-14H3;/q-1;/i1D3,2D3,9D3,10D3,11D3,12D3,13D3,14D3,33D,38D,40D,42D;. The third-order valence-electron chi connectivity index (χ3n) is 12.6. The fourth-order valence-electron chi connectivity index (χ4n) is 8.69. The minimum Gasteiger partial charge on any atom is -0.507 e. The zero-order valence-electron chi connectivity index (χ0n) is 68.4. The van der Waals surface area contributed by atoms with Gasteiger partial charge in [0, 0.05) is 78.4 Å². The predicted octanol–water partition coefficient (Wildman–Crippen LogP) is 18.2. The van der Waals surface area contributed by atoms with Gasteiger partial charge in [-0.3, -0.25) is 9.55 Å². The van der Waals surface area contributed by atoms with Gasteiger partial charge >= 0.3 is 0 Å². The van der Waals surface area contributed by atoms with E-state index in [9.17, 15) is 7.85 Å². The van der Waals surface area contributed by atoms with Crippen molar-refractivity contribution < 1.29 is 64.6 Å². The van der Waals surface area contributed by atoms with Crippen molar-refractivity contribution in [1.82, 2.24) is 14.5 Å². The van der Waals surface area contributed by atoms with E-state index in [0.29, 0.717) is 27.8 Å². The number of imidazole rings is 1. The van der Waals surface area contributed by atoms with Crippen molar-refractivity contribution in [3.8, 4) is 78.6 Å². The van der Waals surface area contributed by atoms with Gasteiger partial charge in [0.15, 0.2) is 0 Å². The third-order valence-corrected chi connectivity index (χ3v) is 12.6. The molecule has 370 valence electrons. The number of aromatic nitrogens is 3. The van der Waals surface area contributed by atoms with E-state index in [-0.39, 0.29) is 95.0 Å². The summed E-state index contributed by atoms with van der Waals surface area (Å²) in [5.41, 5.74) is -10.7.